The number of unbranched alkanes of at least 4 members (excludes halogenated alkanes) is 1. The standard InChI is InChI=1S/C21H22ClN3O3/c22-15-9-10-16-19(14-15)25(13-4-3-11-23-12-5-8-20(26)27)18-7-2-1-6-17(18)24-21(16)28/h1-2,5-10,14,23H,3-4,11-13H2,(H,24,28)(H,26,27)/b8-5+. The number of rotatable bonds is 8. The number of nitrogens with one attached hydrogen (secondary N) is 2. The van der Waals surface area contributed by atoms with E-state index in [1.54, 1.807) is 18.2 Å². The molecular formula is C21H22ClN3O3. The van der Waals surface area contributed by atoms with Crippen molar-refractivity contribution in [2.24, 2.45) is 0 Å². The second kappa shape index (κ2) is 9.39. The highest BCUT2D eigenvalue weighted by atomic mass is 35.5. The normalized spacial score (nSPS) is 13.0. The summed E-state index contributed by atoms with van der Waals surface area (Å²) in [5, 5.41) is 15.3. The maximum Gasteiger partial charge on any atom is 0.328 e. The average molecular weight is 400 g/mol. The first-order chi connectivity index (χ1) is 13.6. The Morgan fingerprint density at radius 2 is 2.00 bits per heavy atom. The highest BCUT2D eigenvalue weighted by molar-refractivity contribution is 6.31. The summed E-state index contributed by atoms with van der Waals surface area (Å²) in [7, 11) is 0. The van der Waals surface area contributed by atoms with Gasteiger partial charge in [-0.2, -0.15) is 0 Å². The molecule has 0 saturated carbocycles. The van der Waals surface area contributed by atoms with E-state index in [9.17, 15) is 9.59 Å². The third kappa shape index (κ3) is 4.91. The lowest BCUT2D eigenvalue weighted by Crippen LogP contribution is -2.21. The average Bonchev–Trinajstić information content (AvgIpc) is 2.78. The number of carboxylic acid groups (broad SMARTS) is 1. The molecule has 2 aromatic rings. The first-order valence-corrected chi connectivity index (χ1v) is 9.51. The molecule has 3 rings (SSSR count). The number of nitrogens with zero attached hydrogens (tertiary/aromatic N) is 1. The van der Waals surface area contributed by atoms with Crippen LogP contribution in [0.25, 0.3) is 0 Å². The molecule has 0 radical (unpaired) electrons. The number of fused-ring (bicyclic) bond motifs is 2. The predicted octanol–water partition coefficient (Wildman–Crippen LogP) is 4.05. The maximum atomic E-state index is 12.6. The number of carbonyl (C=O) groups is 2. The molecule has 0 atom stereocenters. The van der Waals surface area contributed by atoms with Gasteiger partial charge in [0.15, 0.2) is 0 Å². The van der Waals surface area contributed by atoms with Crippen LogP contribution in [0, 0.1) is 0 Å². The number of carboxylic acids is 1. The smallest absolute Gasteiger partial charge is 0.328 e. The van der Waals surface area contributed by atoms with Crippen LogP contribution in [0.1, 0.15) is 23.2 Å². The summed E-state index contributed by atoms with van der Waals surface area (Å²) in [6.45, 7) is 2.03. The number of hydrogen-bond donors (Lipinski definition) is 3. The quantitative estimate of drug-likeness (QED) is 0.460. The Morgan fingerprint density at radius 3 is 2.82 bits per heavy atom. The van der Waals surface area contributed by atoms with Crippen molar-refractivity contribution in [3.63, 3.8) is 0 Å². The van der Waals surface area contributed by atoms with E-state index in [4.69, 9.17) is 16.7 Å². The number of para-hydroxylation sites is 2. The number of carbonyl (C=O) groups excluding carboxylic acids is 1. The first kappa shape index (κ1) is 19.9. The van der Waals surface area contributed by atoms with Crippen molar-refractivity contribution in [2.75, 3.05) is 29.9 Å². The minimum atomic E-state index is -0.942. The highest BCUT2D eigenvalue weighted by Gasteiger charge is 2.24. The fraction of sp³-hybridized carbons (Fsp3) is 0.238. The third-order valence-corrected chi connectivity index (χ3v) is 4.68. The minimum Gasteiger partial charge on any atom is -0.478 e. The molecule has 1 aliphatic rings. The van der Waals surface area contributed by atoms with Crippen LogP contribution < -0.4 is 15.5 Å². The molecule has 3 N–H and O–H groups in total. The van der Waals surface area contributed by atoms with Crippen LogP contribution in [-0.4, -0.2) is 36.6 Å². The summed E-state index contributed by atoms with van der Waals surface area (Å²) in [6.07, 6.45) is 4.52. The van der Waals surface area contributed by atoms with E-state index in [0.29, 0.717) is 17.1 Å². The lowest BCUT2D eigenvalue weighted by molar-refractivity contribution is -0.131. The second-order valence-corrected chi connectivity index (χ2v) is 6.87. The van der Waals surface area contributed by atoms with E-state index in [-0.39, 0.29) is 5.91 Å². The molecule has 1 aliphatic heterocycles. The molecule has 1 heterocycles. The zero-order valence-corrected chi connectivity index (χ0v) is 16.1. The van der Waals surface area contributed by atoms with E-state index in [0.717, 1.165) is 49.1 Å². The summed E-state index contributed by atoms with van der Waals surface area (Å²) in [5.41, 5.74) is 3.11. The summed E-state index contributed by atoms with van der Waals surface area (Å²) >= 11 is 6.21. The van der Waals surface area contributed by atoms with Crippen LogP contribution >= 0.6 is 11.6 Å². The molecule has 0 bridgehead atoms. The lowest BCUT2D eigenvalue weighted by Gasteiger charge is -2.26. The number of benzene rings is 2. The summed E-state index contributed by atoms with van der Waals surface area (Å²) in [5.74, 6) is -1.09. The van der Waals surface area contributed by atoms with E-state index in [2.05, 4.69) is 15.5 Å². The highest BCUT2D eigenvalue weighted by Crippen LogP contribution is 2.38. The van der Waals surface area contributed by atoms with Crippen molar-refractivity contribution in [1.82, 2.24) is 5.32 Å². The van der Waals surface area contributed by atoms with Gasteiger partial charge < -0.3 is 20.6 Å². The number of amides is 1. The Kier molecular flexibility index (Phi) is 6.68. The topological polar surface area (TPSA) is 81.7 Å². The molecule has 0 aliphatic carbocycles. The Labute approximate surface area is 168 Å². The van der Waals surface area contributed by atoms with Crippen LogP contribution in [0.15, 0.2) is 54.6 Å². The summed E-state index contributed by atoms with van der Waals surface area (Å²) in [4.78, 5) is 25.2. The number of halogens is 1. The fourth-order valence-electron chi connectivity index (χ4n) is 3.16. The Hall–Kier alpha value is -2.83. The van der Waals surface area contributed by atoms with Crippen molar-refractivity contribution in [3.05, 3.63) is 65.2 Å². The molecule has 0 saturated heterocycles. The molecule has 6 nitrogen and oxygen atoms in total. The monoisotopic (exact) mass is 399 g/mol. The van der Waals surface area contributed by atoms with Crippen LogP contribution in [0.3, 0.4) is 0 Å². The van der Waals surface area contributed by atoms with Crippen LogP contribution in [0.5, 0.6) is 0 Å². The van der Waals surface area contributed by atoms with Crippen molar-refractivity contribution < 1.29 is 14.7 Å². The van der Waals surface area contributed by atoms with Crippen molar-refractivity contribution in [2.45, 2.75) is 12.8 Å². The molecule has 0 spiro atoms. The van der Waals surface area contributed by atoms with Gasteiger partial charge >= 0.3 is 5.97 Å². The van der Waals surface area contributed by atoms with Crippen LogP contribution in [0.2, 0.25) is 5.02 Å². The van der Waals surface area contributed by atoms with Gasteiger partial charge in [0.1, 0.15) is 0 Å². The van der Waals surface area contributed by atoms with Crippen molar-refractivity contribution >= 4 is 40.5 Å². The van der Waals surface area contributed by atoms with Gasteiger partial charge in [0, 0.05) is 24.2 Å². The van der Waals surface area contributed by atoms with Gasteiger partial charge in [-0.3, -0.25) is 4.79 Å². The third-order valence-electron chi connectivity index (χ3n) is 4.45. The lowest BCUT2D eigenvalue weighted by atomic mass is 10.1. The van der Waals surface area contributed by atoms with Crippen molar-refractivity contribution in [3.8, 4) is 0 Å². The molecular weight excluding hydrogens is 378 g/mol. The number of hydrogen-bond acceptors (Lipinski definition) is 4. The van der Waals surface area contributed by atoms with Crippen LogP contribution in [-0.2, 0) is 4.79 Å². The molecule has 1 amide bonds. The maximum absolute atomic E-state index is 12.6. The zero-order chi connectivity index (χ0) is 19.9. The van der Waals surface area contributed by atoms with Gasteiger partial charge in [-0.25, -0.2) is 4.79 Å². The van der Waals surface area contributed by atoms with Gasteiger partial charge in [0.05, 0.1) is 22.6 Å². The van der Waals surface area contributed by atoms with Crippen LogP contribution in [0.4, 0.5) is 17.1 Å². The largest absolute Gasteiger partial charge is 0.478 e. The van der Waals surface area contributed by atoms with Gasteiger partial charge in [-0.05, 0) is 49.7 Å². The predicted molar refractivity (Wildman–Crippen MR) is 112 cm³/mol. The first-order valence-electron chi connectivity index (χ1n) is 9.14. The van der Waals surface area contributed by atoms with Gasteiger partial charge in [0.2, 0.25) is 0 Å². The Balaban J connectivity index is 1.69. The van der Waals surface area contributed by atoms with Gasteiger partial charge in [-0.1, -0.05) is 29.8 Å². The molecule has 0 aromatic heterocycles. The molecule has 28 heavy (non-hydrogen) atoms. The van der Waals surface area contributed by atoms with Gasteiger partial charge in [-0.15, -0.1) is 0 Å². The summed E-state index contributed by atoms with van der Waals surface area (Å²) in [6, 6.07) is 13.0. The molecule has 2 aromatic carbocycles. The zero-order valence-electron chi connectivity index (χ0n) is 15.3. The molecule has 7 heteroatoms. The molecule has 0 fully saturated rings. The second-order valence-electron chi connectivity index (χ2n) is 6.44. The molecule has 0 unspecified atom stereocenters. The fourth-order valence-corrected chi connectivity index (χ4v) is 3.33. The van der Waals surface area contributed by atoms with Gasteiger partial charge in [0.25, 0.3) is 5.91 Å². The van der Waals surface area contributed by atoms with E-state index in [1.807, 2.05) is 30.3 Å². The van der Waals surface area contributed by atoms with E-state index < -0.39 is 5.97 Å². The number of anilines is 3. The molecule has 146 valence electrons. The SMILES string of the molecule is O=C(O)/C=C/CNCCCCN1c2ccccc2NC(=O)c2ccc(Cl)cc21. The van der Waals surface area contributed by atoms with E-state index >= 15 is 0 Å². The van der Waals surface area contributed by atoms with E-state index in [1.165, 1.54) is 0 Å². The minimum absolute atomic E-state index is 0.145. The Bertz CT molecular complexity index is 898. The summed E-state index contributed by atoms with van der Waals surface area (Å²) < 4.78 is 0. The Morgan fingerprint density at radius 1 is 1.18 bits per heavy atom. The van der Waals surface area contributed by atoms with Crippen molar-refractivity contribution in [1.29, 1.82) is 0 Å². The number of aliphatic carboxylic acids is 1.